The molecular weight excluding hydrogens is 270 g/mol. The first-order valence-electron chi connectivity index (χ1n) is 6.84. The van der Waals surface area contributed by atoms with E-state index in [9.17, 15) is 9.59 Å². The van der Waals surface area contributed by atoms with Crippen LogP contribution in [0.5, 0.6) is 5.75 Å². The van der Waals surface area contributed by atoms with Crippen molar-refractivity contribution in [1.82, 2.24) is 0 Å². The molecule has 2 amide bonds. The van der Waals surface area contributed by atoms with Gasteiger partial charge >= 0.3 is 0 Å². The SMILES string of the molecule is COc1ccc(NC(C)=O)cc1NC(=O)CC(N)C(C)C. The van der Waals surface area contributed by atoms with Crippen LogP contribution in [-0.2, 0) is 9.59 Å². The molecule has 1 unspecified atom stereocenters. The van der Waals surface area contributed by atoms with Crippen LogP contribution in [0.3, 0.4) is 0 Å². The topological polar surface area (TPSA) is 93.5 Å². The van der Waals surface area contributed by atoms with E-state index in [1.165, 1.54) is 14.0 Å². The largest absolute Gasteiger partial charge is 0.495 e. The van der Waals surface area contributed by atoms with Gasteiger partial charge in [-0.05, 0) is 24.1 Å². The van der Waals surface area contributed by atoms with Crippen LogP contribution in [0.4, 0.5) is 11.4 Å². The Bertz CT molecular complexity index is 515. The zero-order chi connectivity index (χ0) is 16.0. The van der Waals surface area contributed by atoms with Gasteiger partial charge in [0.15, 0.2) is 0 Å². The number of hydrogen-bond donors (Lipinski definition) is 3. The molecule has 0 spiro atoms. The van der Waals surface area contributed by atoms with Crippen LogP contribution in [0, 0.1) is 5.92 Å². The fourth-order valence-corrected chi connectivity index (χ4v) is 1.74. The van der Waals surface area contributed by atoms with Crippen LogP contribution in [0.2, 0.25) is 0 Å². The molecule has 0 radical (unpaired) electrons. The molecule has 0 aliphatic rings. The van der Waals surface area contributed by atoms with E-state index in [1.807, 2.05) is 13.8 Å². The Morgan fingerprint density at radius 2 is 1.95 bits per heavy atom. The molecule has 1 atom stereocenters. The minimum Gasteiger partial charge on any atom is -0.495 e. The zero-order valence-electron chi connectivity index (χ0n) is 12.9. The number of rotatable bonds is 6. The smallest absolute Gasteiger partial charge is 0.226 e. The van der Waals surface area contributed by atoms with Gasteiger partial charge in [0, 0.05) is 25.1 Å². The number of ether oxygens (including phenoxy) is 1. The van der Waals surface area contributed by atoms with Crippen LogP contribution in [0.1, 0.15) is 27.2 Å². The zero-order valence-corrected chi connectivity index (χ0v) is 12.9. The Labute approximate surface area is 125 Å². The molecular formula is C15H23N3O3. The van der Waals surface area contributed by atoms with Gasteiger partial charge in [0.25, 0.3) is 0 Å². The summed E-state index contributed by atoms with van der Waals surface area (Å²) in [5, 5.41) is 5.42. The molecule has 6 heteroatoms. The molecule has 6 nitrogen and oxygen atoms in total. The van der Waals surface area contributed by atoms with E-state index in [0.29, 0.717) is 17.1 Å². The number of nitrogens with two attached hydrogens (primary N) is 1. The van der Waals surface area contributed by atoms with Crippen molar-refractivity contribution in [1.29, 1.82) is 0 Å². The number of nitrogens with one attached hydrogen (secondary N) is 2. The molecule has 4 N–H and O–H groups in total. The number of benzene rings is 1. The molecule has 0 aromatic heterocycles. The lowest BCUT2D eigenvalue weighted by molar-refractivity contribution is -0.116. The van der Waals surface area contributed by atoms with Crippen molar-refractivity contribution in [3.8, 4) is 5.75 Å². The van der Waals surface area contributed by atoms with E-state index >= 15 is 0 Å². The van der Waals surface area contributed by atoms with E-state index in [-0.39, 0.29) is 30.2 Å². The predicted octanol–water partition coefficient (Wildman–Crippen LogP) is 1.97. The van der Waals surface area contributed by atoms with E-state index in [0.717, 1.165) is 0 Å². The fourth-order valence-electron chi connectivity index (χ4n) is 1.74. The molecule has 0 heterocycles. The summed E-state index contributed by atoms with van der Waals surface area (Å²) < 4.78 is 5.20. The van der Waals surface area contributed by atoms with Gasteiger partial charge < -0.3 is 21.1 Å². The fraction of sp³-hybridized carbons (Fsp3) is 0.467. The molecule has 1 rings (SSSR count). The Morgan fingerprint density at radius 3 is 2.48 bits per heavy atom. The number of methoxy groups -OCH3 is 1. The van der Waals surface area contributed by atoms with Crippen LogP contribution < -0.4 is 21.1 Å². The molecule has 1 aromatic rings. The second kappa shape index (κ2) is 7.64. The molecule has 0 aliphatic carbocycles. The quantitative estimate of drug-likeness (QED) is 0.747. The molecule has 0 saturated carbocycles. The lowest BCUT2D eigenvalue weighted by Crippen LogP contribution is -2.31. The summed E-state index contributed by atoms with van der Waals surface area (Å²) >= 11 is 0. The maximum Gasteiger partial charge on any atom is 0.226 e. The highest BCUT2D eigenvalue weighted by Crippen LogP contribution is 2.28. The van der Waals surface area contributed by atoms with Gasteiger partial charge in [0.2, 0.25) is 11.8 Å². The van der Waals surface area contributed by atoms with Crippen molar-refractivity contribution in [3.05, 3.63) is 18.2 Å². The van der Waals surface area contributed by atoms with Gasteiger partial charge in [-0.2, -0.15) is 0 Å². The predicted molar refractivity (Wildman–Crippen MR) is 83.4 cm³/mol. The van der Waals surface area contributed by atoms with Crippen molar-refractivity contribution >= 4 is 23.2 Å². The number of anilines is 2. The maximum atomic E-state index is 12.0. The van der Waals surface area contributed by atoms with Crippen molar-refractivity contribution < 1.29 is 14.3 Å². The molecule has 0 bridgehead atoms. The summed E-state index contributed by atoms with van der Waals surface area (Å²) in [6.45, 7) is 5.36. The summed E-state index contributed by atoms with van der Waals surface area (Å²) in [5.41, 5.74) is 6.98. The summed E-state index contributed by atoms with van der Waals surface area (Å²) in [6, 6.07) is 4.84. The highest BCUT2D eigenvalue weighted by molar-refractivity contribution is 5.95. The van der Waals surface area contributed by atoms with E-state index < -0.39 is 0 Å². The number of carbonyl (C=O) groups excluding carboxylic acids is 2. The molecule has 116 valence electrons. The van der Waals surface area contributed by atoms with Gasteiger partial charge in [-0.25, -0.2) is 0 Å². The Balaban J connectivity index is 2.84. The molecule has 0 fully saturated rings. The second-order valence-electron chi connectivity index (χ2n) is 5.26. The maximum absolute atomic E-state index is 12.0. The number of carbonyl (C=O) groups is 2. The van der Waals surface area contributed by atoms with Crippen LogP contribution in [0.25, 0.3) is 0 Å². The minimum absolute atomic E-state index is 0.181. The Morgan fingerprint density at radius 1 is 1.29 bits per heavy atom. The molecule has 0 aliphatic heterocycles. The van der Waals surface area contributed by atoms with Gasteiger partial charge in [-0.15, -0.1) is 0 Å². The molecule has 21 heavy (non-hydrogen) atoms. The Hall–Kier alpha value is -2.08. The number of amides is 2. The lowest BCUT2D eigenvalue weighted by Gasteiger charge is -2.16. The summed E-state index contributed by atoms with van der Waals surface area (Å²) in [7, 11) is 1.52. The standard InChI is InChI=1S/C15H23N3O3/c1-9(2)12(16)8-15(20)18-13-7-11(17-10(3)19)5-6-14(13)21-4/h5-7,9,12H,8,16H2,1-4H3,(H,17,19)(H,18,20). The van der Waals surface area contributed by atoms with Gasteiger partial charge in [-0.3, -0.25) is 9.59 Å². The van der Waals surface area contributed by atoms with Crippen molar-refractivity contribution in [2.75, 3.05) is 17.7 Å². The van der Waals surface area contributed by atoms with Crippen molar-refractivity contribution in [3.63, 3.8) is 0 Å². The first-order chi connectivity index (χ1) is 9.83. The van der Waals surface area contributed by atoms with Gasteiger partial charge in [0.05, 0.1) is 12.8 Å². The third-order valence-corrected chi connectivity index (χ3v) is 3.07. The third kappa shape index (κ3) is 5.43. The Kier molecular flexibility index (Phi) is 6.17. The van der Waals surface area contributed by atoms with E-state index in [4.69, 9.17) is 10.5 Å². The van der Waals surface area contributed by atoms with Crippen LogP contribution in [-0.4, -0.2) is 25.0 Å². The third-order valence-electron chi connectivity index (χ3n) is 3.07. The molecule has 1 aromatic carbocycles. The lowest BCUT2D eigenvalue weighted by atomic mass is 10.0. The van der Waals surface area contributed by atoms with E-state index in [1.54, 1.807) is 18.2 Å². The first kappa shape index (κ1) is 17.0. The van der Waals surface area contributed by atoms with Gasteiger partial charge in [0.1, 0.15) is 5.75 Å². The second-order valence-corrected chi connectivity index (χ2v) is 5.26. The van der Waals surface area contributed by atoms with E-state index in [2.05, 4.69) is 10.6 Å². The van der Waals surface area contributed by atoms with Crippen molar-refractivity contribution in [2.45, 2.75) is 33.2 Å². The highest BCUT2D eigenvalue weighted by atomic mass is 16.5. The summed E-state index contributed by atoms with van der Waals surface area (Å²) in [4.78, 5) is 23.1. The minimum atomic E-state index is -0.200. The summed E-state index contributed by atoms with van der Waals surface area (Å²) in [6.07, 6.45) is 0.227. The highest BCUT2D eigenvalue weighted by Gasteiger charge is 2.15. The first-order valence-corrected chi connectivity index (χ1v) is 6.84. The van der Waals surface area contributed by atoms with Crippen molar-refractivity contribution in [2.24, 2.45) is 11.7 Å². The average Bonchev–Trinajstić information content (AvgIpc) is 2.38. The van der Waals surface area contributed by atoms with Gasteiger partial charge in [-0.1, -0.05) is 13.8 Å². The molecule has 0 saturated heterocycles. The summed E-state index contributed by atoms with van der Waals surface area (Å²) in [5.74, 6) is 0.382. The monoisotopic (exact) mass is 293 g/mol. The number of hydrogen-bond acceptors (Lipinski definition) is 4. The van der Waals surface area contributed by atoms with Crippen LogP contribution in [0.15, 0.2) is 18.2 Å². The normalized spacial score (nSPS) is 11.9. The average molecular weight is 293 g/mol. The van der Waals surface area contributed by atoms with Crippen LogP contribution >= 0.6 is 0 Å².